The number of likely N-dealkylation sites (N-methyl/N-ethyl adjacent to an activating group) is 1. The predicted molar refractivity (Wildman–Crippen MR) is 118 cm³/mol. The summed E-state index contributed by atoms with van der Waals surface area (Å²) in [4.78, 5) is 8.95. The maximum atomic E-state index is 12.7. The van der Waals surface area contributed by atoms with Crippen molar-refractivity contribution in [3.63, 3.8) is 0 Å². The Morgan fingerprint density at radius 3 is 2.64 bits per heavy atom. The molecule has 8 heteroatoms. The Hall–Kier alpha value is -1.47. The van der Waals surface area contributed by atoms with E-state index < -0.39 is 11.7 Å². The van der Waals surface area contributed by atoms with Crippen LogP contribution in [0.3, 0.4) is 0 Å². The van der Waals surface area contributed by atoms with E-state index >= 15 is 0 Å². The normalized spacial score (nSPS) is 17.2. The van der Waals surface area contributed by atoms with E-state index in [1.807, 2.05) is 0 Å². The minimum absolute atomic E-state index is 0. The number of hydrogen-bond acceptors (Lipinski definition) is 2. The SMILES string of the molecule is CCN(CC)C1CCN(C(=NC)NCC#Cc2cccc(C(F)(F)F)c2)C1.I. The van der Waals surface area contributed by atoms with E-state index in [-0.39, 0.29) is 24.0 Å². The van der Waals surface area contributed by atoms with Crippen LogP contribution in [-0.2, 0) is 6.18 Å². The molecule has 0 spiro atoms. The van der Waals surface area contributed by atoms with Gasteiger partial charge in [-0.25, -0.2) is 0 Å². The molecular formula is C20H28F3IN4. The van der Waals surface area contributed by atoms with Gasteiger partial charge < -0.3 is 10.2 Å². The van der Waals surface area contributed by atoms with Gasteiger partial charge >= 0.3 is 6.18 Å². The van der Waals surface area contributed by atoms with Gasteiger partial charge in [0.05, 0.1) is 12.1 Å². The number of likely N-dealkylation sites (tertiary alicyclic amines) is 1. The van der Waals surface area contributed by atoms with Gasteiger partial charge in [-0.2, -0.15) is 13.2 Å². The maximum absolute atomic E-state index is 12.7. The number of alkyl halides is 3. The van der Waals surface area contributed by atoms with E-state index in [1.165, 1.54) is 6.07 Å². The molecule has 1 aromatic carbocycles. The molecule has 1 saturated heterocycles. The van der Waals surface area contributed by atoms with Gasteiger partial charge in [-0.3, -0.25) is 9.89 Å². The van der Waals surface area contributed by atoms with E-state index in [9.17, 15) is 13.2 Å². The van der Waals surface area contributed by atoms with Crippen LogP contribution >= 0.6 is 24.0 Å². The Balaban J connectivity index is 0.00000392. The number of benzene rings is 1. The lowest BCUT2D eigenvalue weighted by atomic mass is 10.1. The molecule has 0 bridgehead atoms. The van der Waals surface area contributed by atoms with Crippen LogP contribution in [-0.4, -0.2) is 61.6 Å². The van der Waals surface area contributed by atoms with Crippen molar-refractivity contribution < 1.29 is 13.2 Å². The summed E-state index contributed by atoms with van der Waals surface area (Å²) in [6.45, 7) is 8.58. The van der Waals surface area contributed by atoms with Crippen LogP contribution in [0, 0.1) is 11.8 Å². The third kappa shape index (κ3) is 6.85. The van der Waals surface area contributed by atoms with Gasteiger partial charge in [0.2, 0.25) is 0 Å². The number of nitrogens with zero attached hydrogens (tertiary/aromatic N) is 3. The minimum atomic E-state index is -4.35. The van der Waals surface area contributed by atoms with E-state index in [1.54, 1.807) is 13.1 Å². The van der Waals surface area contributed by atoms with Gasteiger partial charge in [-0.1, -0.05) is 31.8 Å². The van der Waals surface area contributed by atoms with E-state index in [0.29, 0.717) is 18.2 Å². The average Bonchev–Trinajstić information content (AvgIpc) is 3.12. The summed E-state index contributed by atoms with van der Waals surface area (Å²) in [5.41, 5.74) is -0.332. The summed E-state index contributed by atoms with van der Waals surface area (Å²) in [5, 5.41) is 3.18. The Kier molecular flexibility index (Phi) is 10.1. The van der Waals surface area contributed by atoms with E-state index in [0.717, 1.165) is 50.7 Å². The maximum Gasteiger partial charge on any atom is 0.416 e. The molecule has 2 rings (SSSR count). The number of hydrogen-bond donors (Lipinski definition) is 1. The summed E-state index contributed by atoms with van der Waals surface area (Å²) in [5.74, 6) is 6.44. The fourth-order valence-electron chi connectivity index (χ4n) is 3.35. The Morgan fingerprint density at radius 2 is 2.04 bits per heavy atom. The molecule has 156 valence electrons. The van der Waals surface area contributed by atoms with Gasteiger partial charge in [0.15, 0.2) is 5.96 Å². The number of aliphatic imine (C=N–C) groups is 1. The molecule has 1 heterocycles. The molecule has 1 unspecified atom stereocenters. The molecule has 0 aliphatic carbocycles. The molecule has 1 N–H and O–H groups in total. The van der Waals surface area contributed by atoms with E-state index in [4.69, 9.17) is 0 Å². The van der Waals surface area contributed by atoms with Gasteiger partial charge in [0, 0.05) is 31.7 Å². The summed E-state index contributed by atoms with van der Waals surface area (Å²) < 4.78 is 38.2. The molecule has 1 aliphatic rings. The van der Waals surface area contributed by atoms with Crippen LogP contribution in [0.4, 0.5) is 13.2 Å². The molecule has 1 atom stereocenters. The summed E-state index contributed by atoms with van der Waals surface area (Å²) in [6.07, 6.45) is -3.26. The predicted octanol–water partition coefficient (Wildman–Crippen LogP) is 3.67. The Bertz CT molecular complexity index is 705. The molecule has 0 saturated carbocycles. The zero-order valence-electron chi connectivity index (χ0n) is 16.5. The molecule has 28 heavy (non-hydrogen) atoms. The first-order chi connectivity index (χ1) is 12.9. The molecule has 0 radical (unpaired) electrons. The third-order valence-corrected chi connectivity index (χ3v) is 4.76. The average molecular weight is 508 g/mol. The lowest BCUT2D eigenvalue weighted by molar-refractivity contribution is -0.137. The second-order valence-corrected chi connectivity index (χ2v) is 6.39. The van der Waals surface area contributed by atoms with Crippen LogP contribution in [0.5, 0.6) is 0 Å². The van der Waals surface area contributed by atoms with Crippen molar-refractivity contribution in [2.24, 2.45) is 4.99 Å². The smallest absolute Gasteiger partial charge is 0.345 e. The molecule has 1 aliphatic heterocycles. The highest BCUT2D eigenvalue weighted by atomic mass is 127. The highest BCUT2D eigenvalue weighted by Crippen LogP contribution is 2.29. The van der Waals surface area contributed by atoms with Crippen LogP contribution in [0.15, 0.2) is 29.3 Å². The fraction of sp³-hybridized carbons (Fsp3) is 0.550. The highest BCUT2D eigenvalue weighted by Gasteiger charge is 2.30. The highest BCUT2D eigenvalue weighted by molar-refractivity contribution is 14.0. The second kappa shape index (κ2) is 11.5. The van der Waals surface area contributed by atoms with Gasteiger partial charge in [-0.05, 0) is 37.7 Å². The molecule has 1 aromatic rings. The van der Waals surface area contributed by atoms with Gasteiger partial charge in [-0.15, -0.1) is 24.0 Å². The fourth-order valence-corrected chi connectivity index (χ4v) is 3.35. The van der Waals surface area contributed by atoms with E-state index in [2.05, 4.69) is 45.8 Å². The lowest BCUT2D eigenvalue weighted by Crippen LogP contribution is -2.43. The number of nitrogens with one attached hydrogen (secondary N) is 1. The van der Waals surface area contributed by atoms with Crippen molar-refractivity contribution in [3.05, 3.63) is 35.4 Å². The summed E-state index contributed by atoms with van der Waals surface area (Å²) in [6, 6.07) is 5.58. The first kappa shape index (κ1) is 24.6. The number of rotatable bonds is 4. The van der Waals surface area contributed by atoms with Crippen LogP contribution in [0.2, 0.25) is 0 Å². The number of halogens is 4. The minimum Gasteiger partial charge on any atom is -0.345 e. The molecular weight excluding hydrogens is 480 g/mol. The molecule has 0 aromatic heterocycles. The topological polar surface area (TPSA) is 30.9 Å². The number of guanidine groups is 1. The lowest BCUT2D eigenvalue weighted by Gasteiger charge is -2.27. The molecule has 4 nitrogen and oxygen atoms in total. The van der Waals surface area contributed by atoms with Crippen LogP contribution in [0.1, 0.15) is 31.4 Å². The largest absolute Gasteiger partial charge is 0.416 e. The second-order valence-electron chi connectivity index (χ2n) is 6.39. The van der Waals surface area contributed by atoms with Gasteiger partial charge in [0.25, 0.3) is 0 Å². The van der Waals surface area contributed by atoms with Crippen molar-refractivity contribution in [3.8, 4) is 11.8 Å². The van der Waals surface area contributed by atoms with Crippen molar-refractivity contribution in [2.75, 3.05) is 39.8 Å². The van der Waals surface area contributed by atoms with Crippen molar-refractivity contribution in [1.82, 2.24) is 15.1 Å². The first-order valence-electron chi connectivity index (χ1n) is 9.24. The summed E-state index contributed by atoms with van der Waals surface area (Å²) in [7, 11) is 1.73. The first-order valence-corrected chi connectivity index (χ1v) is 9.24. The Labute approximate surface area is 182 Å². The van der Waals surface area contributed by atoms with Crippen molar-refractivity contribution in [2.45, 2.75) is 32.5 Å². The zero-order chi connectivity index (χ0) is 19.9. The summed E-state index contributed by atoms with van der Waals surface area (Å²) >= 11 is 0. The van der Waals surface area contributed by atoms with Gasteiger partial charge in [0.1, 0.15) is 0 Å². The quantitative estimate of drug-likeness (QED) is 0.292. The van der Waals surface area contributed by atoms with Crippen LogP contribution < -0.4 is 5.32 Å². The Morgan fingerprint density at radius 1 is 1.32 bits per heavy atom. The standard InChI is InChI=1S/C20H27F3N4.HI/c1-4-26(5-2)18-11-13-27(15-18)19(24-3)25-12-7-9-16-8-6-10-17(14-16)20(21,22)23;/h6,8,10,14,18H,4-5,11-13,15H2,1-3H3,(H,24,25);1H. The van der Waals surface area contributed by atoms with Crippen molar-refractivity contribution in [1.29, 1.82) is 0 Å². The molecule has 1 fully saturated rings. The zero-order valence-corrected chi connectivity index (χ0v) is 18.8. The third-order valence-electron chi connectivity index (χ3n) is 4.76. The monoisotopic (exact) mass is 508 g/mol. The van der Waals surface area contributed by atoms with Crippen molar-refractivity contribution >= 4 is 29.9 Å². The molecule has 0 amide bonds. The van der Waals surface area contributed by atoms with Crippen LogP contribution in [0.25, 0.3) is 0 Å².